The van der Waals surface area contributed by atoms with Crippen LogP contribution < -0.4 is 5.32 Å². The first-order valence-electron chi connectivity index (χ1n) is 7.29. The van der Waals surface area contributed by atoms with Crippen LogP contribution >= 0.6 is 11.6 Å². The molecule has 0 aromatic heterocycles. The van der Waals surface area contributed by atoms with Gasteiger partial charge in [0.25, 0.3) is 0 Å². The number of hydrogen-bond donors (Lipinski definition) is 1. The van der Waals surface area contributed by atoms with Crippen molar-refractivity contribution >= 4 is 11.6 Å². The quantitative estimate of drug-likeness (QED) is 0.807. The monoisotopic (exact) mass is 303 g/mol. The molecule has 0 aliphatic rings. The number of rotatable bonds is 7. The lowest BCUT2D eigenvalue weighted by molar-refractivity contribution is 0.0386. The third kappa shape index (κ3) is 5.50. The number of halogens is 1. The average Bonchev–Trinajstić information content (AvgIpc) is 2.48. The Morgan fingerprint density at radius 2 is 1.81 bits per heavy atom. The average molecular weight is 304 g/mol. The summed E-state index contributed by atoms with van der Waals surface area (Å²) in [5.41, 5.74) is 2.28. The highest BCUT2D eigenvalue weighted by molar-refractivity contribution is 6.30. The Balaban J connectivity index is 2.05. The number of benzene rings is 2. The molecule has 0 amide bonds. The fourth-order valence-corrected chi connectivity index (χ4v) is 2.29. The fraction of sp³-hybridized carbons (Fsp3) is 0.333. The zero-order valence-electron chi connectivity index (χ0n) is 12.6. The first kappa shape index (κ1) is 16.0. The smallest absolute Gasteiger partial charge is 0.0954 e. The predicted molar refractivity (Wildman–Crippen MR) is 88.6 cm³/mol. The van der Waals surface area contributed by atoms with Gasteiger partial charge in [-0.2, -0.15) is 0 Å². The van der Waals surface area contributed by atoms with E-state index in [-0.39, 0.29) is 6.10 Å². The lowest BCUT2D eigenvalue weighted by atomic mass is 10.1. The van der Waals surface area contributed by atoms with Crippen LogP contribution in [0.3, 0.4) is 0 Å². The van der Waals surface area contributed by atoms with Gasteiger partial charge in [0.1, 0.15) is 0 Å². The summed E-state index contributed by atoms with van der Waals surface area (Å²) in [7, 11) is 0. The summed E-state index contributed by atoms with van der Waals surface area (Å²) >= 11 is 6.09. The van der Waals surface area contributed by atoms with Gasteiger partial charge in [-0.25, -0.2) is 0 Å². The van der Waals surface area contributed by atoms with Gasteiger partial charge in [0, 0.05) is 17.6 Å². The molecule has 0 spiro atoms. The van der Waals surface area contributed by atoms with Crippen LogP contribution in [0.4, 0.5) is 0 Å². The second-order valence-corrected chi connectivity index (χ2v) is 5.84. The molecule has 3 heteroatoms. The fourth-order valence-electron chi connectivity index (χ4n) is 2.09. The van der Waals surface area contributed by atoms with Crippen LogP contribution in [-0.4, -0.2) is 12.6 Å². The summed E-state index contributed by atoms with van der Waals surface area (Å²) in [5, 5.41) is 4.17. The molecule has 2 aromatic carbocycles. The maximum atomic E-state index is 6.10. The van der Waals surface area contributed by atoms with Crippen LogP contribution in [0.25, 0.3) is 0 Å². The second kappa shape index (κ2) is 8.18. The van der Waals surface area contributed by atoms with Crippen molar-refractivity contribution in [3.8, 4) is 0 Å². The van der Waals surface area contributed by atoms with Crippen molar-refractivity contribution in [1.29, 1.82) is 0 Å². The second-order valence-electron chi connectivity index (χ2n) is 5.40. The maximum Gasteiger partial charge on any atom is 0.0954 e. The summed E-state index contributed by atoms with van der Waals surface area (Å²) in [4.78, 5) is 0. The molecule has 1 unspecified atom stereocenters. The molecule has 2 rings (SSSR count). The molecule has 112 valence electrons. The minimum atomic E-state index is -0.00805. The van der Waals surface area contributed by atoms with Crippen molar-refractivity contribution in [2.45, 2.75) is 32.6 Å². The van der Waals surface area contributed by atoms with Gasteiger partial charge in [-0.3, -0.25) is 0 Å². The standard InChI is InChI=1S/C18H22ClNO/c1-14(2)20-12-18(16-9-6-10-17(19)11-16)21-13-15-7-4-3-5-8-15/h3-11,14,18,20H,12-13H2,1-2H3. The summed E-state index contributed by atoms with van der Waals surface area (Å²) in [6.07, 6.45) is -0.00805. The van der Waals surface area contributed by atoms with E-state index in [0.29, 0.717) is 12.6 Å². The molecule has 2 aromatic rings. The minimum absolute atomic E-state index is 0.00805. The molecule has 0 bridgehead atoms. The van der Waals surface area contributed by atoms with Crippen molar-refractivity contribution in [2.75, 3.05) is 6.54 Å². The molecule has 21 heavy (non-hydrogen) atoms. The Bertz CT molecular complexity index is 542. The lowest BCUT2D eigenvalue weighted by Crippen LogP contribution is -2.29. The molecule has 0 saturated heterocycles. The molecule has 0 aliphatic heterocycles. The summed E-state index contributed by atoms with van der Waals surface area (Å²) in [6, 6.07) is 18.5. The highest BCUT2D eigenvalue weighted by Gasteiger charge is 2.13. The van der Waals surface area contributed by atoms with E-state index in [1.165, 1.54) is 5.56 Å². The zero-order valence-corrected chi connectivity index (χ0v) is 13.3. The van der Waals surface area contributed by atoms with Gasteiger partial charge in [0.2, 0.25) is 0 Å². The Hall–Kier alpha value is -1.35. The molecule has 2 nitrogen and oxygen atoms in total. The third-order valence-corrected chi connectivity index (χ3v) is 3.46. The van der Waals surface area contributed by atoms with Crippen LogP contribution in [0.15, 0.2) is 54.6 Å². The first-order valence-corrected chi connectivity index (χ1v) is 7.67. The van der Waals surface area contributed by atoms with Gasteiger partial charge in [-0.05, 0) is 23.3 Å². The highest BCUT2D eigenvalue weighted by Crippen LogP contribution is 2.22. The van der Waals surface area contributed by atoms with Crippen LogP contribution in [0.1, 0.15) is 31.1 Å². The summed E-state index contributed by atoms with van der Waals surface area (Å²) in [6.45, 7) is 5.63. The van der Waals surface area contributed by atoms with Crippen LogP contribution in [0, 0.1) is 0 Å². The van der Waals surface area contributed by atoms with Gasteiger partial charge >= 0.3 is 0 Å². The third-order valence-electron chi connectivity index (χ3n) is 3.23. The van der Waals surface area contributed by atoms with Gasteiger partial charge < -0.3 is 10.1 Å². The lowest BCUT2D eigenvalue weighted by Gasteiger charge is -2.21. The van der Waals surface area contributed by atoms with E-state index in [9.17, 15) is 0 Å². The largest absolute Gasteiger partial charge is 0.368 e. The summed E-state index contributed by atoms with van der Waals surface area (Å²) in [5.74, 6) is 0. The van der Waals surface area contributed by atoms with E-state index in [2.05, 4.69) is 37.4 Å². The maximum absolute atomic E-state index is 6.10. The molecule has 0 saturated carbocycles. The van der Waals surface area contributed by atoms with Crippen molar-refractivity contribution in [3.05, 3.63) is 70.7 Å². The van der Waals surface area contributed by atoms with Crippen molar-refractivity contribution in [3.63, 3.8) is 0 Å². The number of ether oxygens (including phenoxy) is 1. The first-order chi connectivity index (χ1) is 10.1. The normalized spacial score (nSPS) is 12.6. The number of hydrogen-bond acceptors (Lipinski definition) is 2. The molecule has 0 heterocycles. The van der Waals surface area contributed by atoms with E-state index in [1.807, 2.05) is 36.4 Å². The predicted octanol–water partition coefficient (Wildman–Crippen LogP) is 4.60. The van der Waals surface area contributed by atoms with Gasteiger partial charge in [0.15, 0.2) is 0 Å². The molecule has 0 radical (unpaired) electrons. The van der Waals surface area contributed by atoms with Crippen molar-refractivity contribution in [2.24, 2.45) is 0 Å². The molecular formula is C18H22ClNO. The van der Waals surface area contributed by atoms with Gasteiger partial charge in [-0.1, -0.05) is 67.9 Å². The molecular weight excluding hydrogens is 282 g/mol. The van der Waals surface area contributed by atoms with Crippen molar-refractivity contribution in [1.82, 2.24) is 5.32 Å². The van der Waals surface area contributed by atoms with E-state index in [0.717, 1.165) is 17.1 Å². The van der Waals surface area contributed by atoms with E-state index in [1.54, 1.807) is 0 Å². The Kier molecular flexibility index (Phi) is 6.24. The highest BCUT2D eigenvalue weighted by atomic mass is 35.5. The molecule has 1 N–H and O–H groups in total. The Labute approximate surface area is 132 Å². The van der Waals surface area contributed by atoms with E-state index >= 15 is 0 Å². The van der Waals surface area contributed by atoms with Crippen LogP contribution in [-0.2, 0) is 11.3 Å². The van der Waals surface area contributed by atoms with Gasteiger partial charge in [-0.15, -0.1) is 0 Å². The number of nitrogens with one attached hydrogen (secondary N) is 1. The topological polar surface area (TPSA) is 21.3 Å². The molecule has 1 atom stereocenters. The zero-order chi connectivity index (χ0) is 15.1. The Morgan fingerprint density at radius 3 is 2.48 bits per heavy atom. The van der Waals surface area contributed by atoms with Gasteiger partial charge in [0.05, 0.1) is 12.7 Å². The Morgan fingerprint density at radius 1 is 1.05 bits per heavy atom. The van der Waals surface area contributed by atoms with E-state index < -0.39 is 0 Å². The van der Waals surface area contributed by atoms with Crippen LogP contribution in [0.2, 0.25) is 5.02 Å². The SMILES string of the molecule is CC(C)NCC(OCc1ccccc1)c1cccc(Cl)c1. The molecule has 0 aliphatic carbocycles. The molecule has 0 fully saturated rings. The van der Waals surface area contributed by atoms with Crippen LogP contribution in [0.5, 0.6) is 0 Å². The van der Waals surface area contributed by atoms with E-state index in [4.69, 9.17) is 16.3 Å². The summed E-state index contributed by atoms with van der Waals surface area (Å²) < 4.78 is 6.10. The minimum Gasteiger partial charge on any atom is -0.368 e. The van der Waals surface area contributed by atoms with Crippen molar-refractivity contribution < 1.29 is 4.74 Å².